The summed E-state index contributed by atoms with van der Waals surface area (Å²) in [6.07, 6.45) is 3.27. The molecule has 2 heteroatoms. The van der Waals surface area contributed by atoms with Crippen LogP contribution in [-0.2, 0) is 0 Å². The Hall–Kier alpha value is -1.54. The molecule has 96 valence electrons. The van der Waals surface area contributed by atoms with E-state index in [-0.39, 0.29) is 0 Å². The third-order valence-corrected chi connectivity index (χ3v) is 3.15. The van der Waals surface area contributed by atoms with E-state index in [1.807, 2.05) is 0 Å². The van der Waals surface area contributed by atoms with Gasteiger partial charge in [-0.2, -0.15) is 0 Å². The van der Waals surface area contributed by atoms with Crippen LogP contribution in [0.1, 0.15) is 31.6 Å². The topological polar surface area (TPSA) is 25.2 Å². The molecule has 0 aliphatic carbocycles. The maximum Gasteiger partial charge on any atom is 0.137 e. The van der Waals surface area contributed by atoms with Crippen molar-refractivity contribution in [3.63, 3.8) is 0 Å². The minimum Gasteiger partial charge on any atom is -0.456 e. The molecule has 0 radical (unpaired) electrons. The van der Waals surface area contributed by atoms with Crippen molar-refractivity contribution in [2.75, 3.05) is 13.1 Å². The maximum absolute atomic E-state index is 5.93. The summed E-state index contributed by atoms with van der Waals surface area (Å²) in [6.45, 7) is 8.36. The SMILES string of the molecule is CCNCC/C=C(/C)c1cc2cccc(C)c2o1. The van der Waals surface area contributed by atoms with Gasteiger partial charge in [0.1, 0.15) is 11.3 Å². The lowest BCUT2D eigenvalue weighted by Crippen LogP contribution is -2.12. The largest absolute Gasteiger partial charge is 0.456 e. The summed E-state index contributed by atoms with van der Waals surface area (Å²) >= 11 is 0. The van der Waals surface area contributed by atoms with Gasteiger partial charge in [0.05, 0.1) is 0 Å². The molecule has 0 unspecified atom stereocenters. The van der Waals surface area contributed by atoms with E-state index in [1.165, 1.54) is 16.5 Å². The molecule has 1 heterocycles. The predicted octanol–water partition coefficient (Wildman–Crippen LogP) is 4.14. The van der Waals surface area contributed by atoms with Crippen molar-refractivity contribution < 1.29 is 4.42 Å². The number of hydrogen-bond donors (Lipinski definition) is 1. The molecule has 0 aliphatic rings. The van der Waals surface area contributed by atoms with Crippen molar-refractivity contribution in [3.8, 4) is 0 Å². The van der Waals surface area contributed by atoms with E-state index >= 15 is 0 Å². The van der Waals surface area contributed by atoms with Gasteiger partial charge in [-0.1, -0.05) is 31.2 Å². The quantitative estimate of drug-likeness (QED) is 0.798. The van der Waals surface area contributed by atoms with Crippen molar-refractivity contribution in [2.24, 2.45) is 0 Å². The highest BCUT2D eigenvalue weighted by atomic mass is 16.3. The zero-order chi connectivity index (χ0) is 13.0. The standard InChI is InChI=1S/C16H21NO/c1-4-17-10-6-8-12(2)15-11-14-9-5-7-13(3)16(14)18-15/h5,7-9,11,17H,4,6,10H2,1-3H3/b12-8-. The fourth-order valence-electron chi connectivity index (χ4n) is 2.07. The van der Waals surface area contributed by atoms with Gasteiger partial charge in [0.15, 0.2) is 0 Å². The van der Waals surface area contributed by atoms with Crippen molar-refractivity contribution in [3.05, 3.63) is 41.7 Å². The van der Waals surface area contributed by atoms with Crippen molar-refractivity contribution in [1.82, 2.24) is 5.32 Å². The predicted molar refractivity (Wildman–Crippen MR) is 77.8 cm³/mol. The summed E-state index contributed by atoms with van der Waals surface area (Å²) < 4.78 is 5.93. The van der Waals surface area contributed by atoms with Crippen LogP contribution in [0.25, 0.3) is 16.5 Å². The number of para-hydroxylation sites is 1. The number of furan rings is 1. The molecule has 0 aliphatic heterocycles. The van der Waals surface area contributed by atoms with Crippen LogP contribution >= 0.6 is 0 Å². The van der Waals surface area contributed by atoms with Gasteiger partial charge in [0.2, 0.25) is 0 Å². The zero-order valence-electron chi connectivity index (χ0n) is 11.4. The Bertz CT molecular complexity index is 551. The Kier molecular flexibility index (Phi) is 4.21. The Balaban J connectivity index is 2.18. The normalized spacial score (nSPS) is 12.3. The minimum absolute atomic E-state index is 0.982. The van der Waals surface area contributed by atoms with Crippen LogP contribution in [0.3, 0.4) is 0 Å². The van der Waals surface area contributed by atoms with Gasteiger partial charge >= 0.3 is 0 Å². The van der Waals surface area contributed by atoms with Gasteiger partial charge in [-0.15, -0.1) is 0 Å². The molecular formula is C16H21NO. The number of aryl methyl sites for hydroxylation is 1. The second kappa shape index (κ2) is 5.87. The molecule has 1 aromatic heterocycles. The number of nitrogens with one attached hydrogen (secondary N) is 1. The van der Waals surface area contributed by atoms with E-state index in [1.54, 1.807) is 0 Å². The molecule has 18 heavy (non-hydrogen) atoms. The van der Waals surface area contributed by atoms with Crippen LogP contribution in [0.2, 0.25) is 0 Å². The molecule has 0 amide bonds. The first-order valence-electron chi connectivity index (χ1n) is 6.59. The zero-order valence-corrected chi connectivity index (χ0v) is 11.4. The summed E-state index contributed by atoms with van der Waals surface area (Å²) in [5.74, 6) is 0.982. The van der Waals surface area contributed by atoms with Crippen LogP contribution in [0.4, 0.5) is 0 Å². The van der Waals surface area contributed by atoms with Gasteiger partial charge in [0, 0.05) is 5.39 Å². The van der Waals surface area contributed by atoms with Gasteiger partial charge in [-0.05, 0) is 50.6 Å². The second-order valence-corrected chi connectivity index (χ2v) is 4.63. The Labute approximate surface area is 109 Å². The molecule has 0 fully saturated rings. The lowest BCUT2D eigenvalue weighted by atomic mass is 10.1. The molecule has 2 aromatic rings. The highest BCUT2D eigenvalue weighted by Crippen LogP contribution is 2.26. The fraction of sp³-hybridized carbons (Fsp3) is 0.375. The summed E-state index contributed by atoms with van der Waals surface area (Å²) in [4.78, 5) is 0. The van der Waals surface area contributed by atoms with Crippen LogP contribution < -0.4 is 5.32 Å². The van der Waals surface area contributed by atoms with Gasteiger partial charge in [0.25, 0.3) is 0 Å². The van der Waals surface area contributed by atoms with Crippen LogP contribution in [0.5, 0.6) is 0 Å². The number of benzene rings is 1. The highest BCUT2D eigenvalue weighted by Gasteiger charge is 2.06. The highest BCUT2D eigenvalue weighted by molar-refractivity contribution is 5.84. The third-order valence-electron chi connectivity index (χ3n) is 3.15. The minimum atomic E-state index is 0.982. The number of hydrogen-bond acceptors (Lipinski definition) is 2. The van der Waals surface area contributed by atoms with Crippen LogP contribution in [-0.4, -0.2) is 13.1 Å². The van der Waals surface area contributed by atoms with Crippen molar-refractivity contribution in [2.45, 2.75) is 27.2 Å². The van der Waals surface area contributed by atoms with E-state index in [0.29, 0.717) is 0 Å². The Morgan fingerprint density at radius 2 is 2.22 bits per heavy atom. The number of allylic oxidation sites excluding steroid dienone is 1. The molecule has 2 rings (SSSR count). The molecule has 0 atom stereocenters. The maximum atomic E-state index is 5.93. The average Bonchev–Trinajstić information content (AvgIpc) is 2.80. The molecule has 1 aromatic carbocycles. The van der Waals surface area contributed by atoms with Crippen molar-refractivity contribution >= 4 is 16.5 Å². The van der Waals surface area contributed by atoms with Gasteiger partial charge in [-0.25, -0.2) is 0 Å². The first kappa shape index (κ1) is 12.9. The molecule has 0 spiro atoms. The van der Waals surface area contributed by atoms with E-state index in [4.69, 9.17) is 4.42 Å². The van der Waals surface area contributed by atoms with E-state index in [2.05, 4.69) is 56.4 Å². The molecule has 2 nitrogen and oxygen atoms in total. The monoisotopic (exact) mass is 243 g/mol. The van der Waals surface area contributed by atoms with Crippen molar-refractivity contribution in [1.29, 1.82) is 0 Å². The van der Waals surface area contributed by atoms with Crippen LogP contribution in [0, 0.1) is 6.92 Å². The third kappa shape index (κ3) is 2.82. The number of fused-ring (bicyclic) bond motifs is 1. The van der Waals surface area contributed by atoms with E-state index in [0.717, 1.165) is 30.9 Å². The molecule has 0 saturated heterocycles. The van der Waals surface area contributed by atoms with Gasteiger partial charge < -0.3 is 9.73 Å². The number of rotatable bonds is 5. The van der Waals surface area contributed by atoms with Gasteiger partial charge in [-0.3, -0.25) is 0 Å². The summed E-state index contributed by atoms with van der Waals surface area (Å²) in [6, 6.07) is 8.38. The first-order valence-corrected chi connectivity index (χ1v) is 6.59. The molecule has 1 N–H and O–H groups in total. The molecule has 0 saturated carbocycles. The Morgan fingerprint density at radius 1 is 1.39 bits per heavy atom. The summed E-state index contributed by atoms with van der Waals surface area (Å²) in [7, 11) is 0. The molecule has 0 bridgehead atoms. The summed E-state index contributed by atoms with van der Waals surface area (Å²) in [5.41, 5.74) is 3.41. The molecular weight excluding hydrogens is 222 g/mol. The fourth-order valence-corrected chi connectivity index (χ4v) is 2.07. The average molecular weight is 243 g/mol. The second-order valence-electron chi connectivity index (χ2n) is 4.63. The van der Waals surface area contributed by atoms with E-state index < -0.39 is 0 Å². The van der Waals surface area contributed by atoms with Crippen LogP contribution in [0.15, 0.2) is 34.8 Å². The summed E-state index contributed by atoms with van der Waals surface area (Å²) in [5, 5.41) is 4.50. The van der Waals surface area contributed by atoms with E-state index in [9.17, 15) is 0 Å². The lowest BCUT2D eigenvalue weighted by Gasteiger charge is -1.99. The first-order chi connectivity index (χ1) is 8.72. The Morgan fingerprint density at radius 3 is 2.94 bits per heavy atom. The smallest absolute Gasteiger partial charge is 0.137 e. The lowest BCUT2D eigenvalue weighted by molar-refractivity contribution is 0.596.